The lowest BCUT2D eigenvalue weighted by atomic mass is 10.00. The smallest absolute Gasteiger partial charge is 0.249 e. The number of aliphatic hydroxyl groups is 4. The molecule has 4 atom stereocenters. The van der Waals surface area contributed by atoms with Crippen LogP contribution in [0.25, 0.3) is 0 Å². The molecule has 4 unspecified atom stereocenters. The van der Waals surface area contributed by atoms with Crippen molar-refractivity contribution in [3.63, 3.8) is 0 Å². The first kappa shape index (κ1) is 46.8. The van der Waals surface area contributed by atoms with Gasteiger partial charge in [-0.25, -0.2) is 0 Å². The molecule has 0 saturated heterocycles. The van der Waals surface area contributed by atoms with E-state index in [2.05, 4.69) is 30.5 Å². The van der Waals surface area contributed by atoms with Gasteiger partial charge in [0.05, 0.1) is 18.8 Å². The average molecular weight is 680 g/mol. The van der Waals surface area contributed by atoms with E-state index in [0.29, 0.717) is 19.3 Å². The van der Waals surface area contributed by atoms with Gasteiger partial charge in [0.1, 0.15) is 12.2 Å². The maximum atomic E-state index is 12.4. The molecule has 6 heteroatoms. The van der Waals surface area contributed by atoms with E-state index in [1.54, 1.807) is 0 Å². The lowest BCUT2D eigenvalue weighted by molar-refractivity contribution is -0.132. The Balaban J connectivity index is 3.62. The molecule has 0 bridgehead atoms. The minimum atomic E-state index is -1.28. The standard InChI is InChI=1S/C42H81NO5/c1-3-5-7-9-11-13-14-15-16-17-18-19-20-21-22-23-24-25-26-27-28-30-32-34-36-40(46)42(48)43-38(37-44)41(47)39(45)35-33-31-29-12-10-8-6-4-2/h4,6,12,29,38-41,44-47H,3,5,7-11,13-28,30-37H2,1-2H3,(H,43,48)/b6-4+,29-12+. The van der Waals surface area contributed by atoms with Gasteiger partial charge < -0.3 is 25.7 Å². The fraction of sp³-hybridized carbons (Fsp3) is 0.881. The normalized spacial score (nSPS) is 14.5. The highest BCUT2D eigenvalue weighted by molar-refractivity contribution is 5.80. The number of carbonyl (C=O) groups is 1. The van der Waals surface area contributed by atoms with E-state index < -0.39 is 36.9 Å². The molecule has 48 heavy (non-hydrogen) atoms. The lowest BCUT2D eigenvalue weighted by Gasteiger charge is -2.27. The molecule has 0 spiro atoms. The Morgan fingerprint density at radius 3 is 1.35 bits per heavy atom. The highest BCUT2D eigenvalue weighted by atomic mass is 16.3. The molecular weight excluding hydrogens is 598 g/mol. The zero-order valence-electron chi connectivity index (χ0n) is 31.7. The Bertz CT molecular complexity index is 727. The number of amides is 1. The van der Waals surface area contributed by atoms with E-state index in [0.717, 1.165) is 38.5 Å². The van der Waals surface area contributed by atoms with E-state index >= 15 is 0 Å². The highest BCUT2D eigenvalue weighted by Crippen LogP contribution is 2.16. The summed E-state index contributed by atoms with van der Waals surface area (Å²) in [5.74, 6) is -0.599. The molecule has 0 rings (SSSR count). The zero-order chi connectivity index (χ0) is 35.3. The summed E-state index contributed by atoms with van der Waals surface area (Å²) in [7, 11) is 0. The summed E-state index contributed by atoms with van der Waals surface area (Å²) in [4.78, 5) is 12.4. The number of allylic oxidation sites excluding steroid dienone is 4. The minimum Gasteiger partial charge on any atom is -0.394 e. The van der Waals surface area contributed by atoms with Crippen LogP contribution in [0.1, 0.15) is 206 Å². The third kappa shape index (κ3) is 30.8. The number of rotatable bonds is 37. The zero-order valence-corrected chi connectivity index (χ0v) is 31.7. The summed E-state index contributed by atoms with van der Waals surface area (Å²) in [6, 6.07) is -1.00. The second kappa shape index (κ2) is 37.1. The highest BCUT2D eigenvalue weighted by Gasteiger charge is 2.28. The summed E-state index contributed by atoms with van der Waals surface area (Å²) < 4.78 is 0. The topological polar surface area (TPSA) is 110 Å². The monoisotopic (exact) mass is 680 g/mol. The molecule has 0 fully saturated rings. The first-order valence-electron chi connectivity index (χ1n) is 20.7. The first-order chi connectivity index (χ1) is 23.5. The third-order valence-corrected chi connectivity index (χ3v) is 9.74. The molecule has 6 nitrogen and oxygen atoms in total. The molecule has 0 aromatic heterocycles. The van der Waals surface area contributed by atoms with Crippen LogP contribution >= 0.6 is 0 Å². The summed E-state index contributed by atoms with van der Waals surface area (Å²) in [6.07, 6.45) is 41.1. The van der Waals surface area contributed by atoms with Crippen molar-refractivity contribution in [1.29, 1.82) is 0 Å². The second-order valence-corrected chi connectivity index (χ2v) is 14.3. The van der Waals surface area contributed by atoms with Gasteiger partial charge in [0.25, 0.3) is 0 Å². The molecule has 0 aliphatic carbocycles. The van der Waals surface area contributed by atoms with Gasteiger partial charge >= 0.3 is 0 Å². The molecule has 0 heterocycles. The van der Waals surface area contributed by atoms with E-state index in [1.165, 1.54) is 135 Å². The van der Waals surface area contributed by atoms with Crippen molar-refractivity contribution in [2.24, 2.45) is 0 Å². The van der Waals surface area contributed by atoms with E-state index in [-0.39, 0.29) is 0 Å². The number of carbonyl (C=O) groups excluding carboxylic acids is 1. The third-order valence-electron chi connectivity index (χ3n) is 9.74. The SMILES string of the molecule is C/C=C/CC/C=C/CCCC(O)C(O)C(CO)NC(=O)C(O)CCCCCCCCCCCCCCCCCCCCCCCCCC. The number of nitrogens with one attached hydrogen (secondary N) is 1. The maximum absolute atomic E-state index is 12.4. The fourth-order valence-electron chi connectivity index (χ4n) is 6.43. The number of aliphatic hydroxyl groups excluding tert-OH is 4. The van der Waals surface area contributed by atoms with Crippen molar-refractivity contribution >= 4 is 5.91 Å². The van der Waals surface area contributed by atoms with Crippen LogP contribution in [0.2, 0.25) is 0 Å². The van der Waals surface area contributed by atoms with Crippen molar-refractivity contribution in [3.05, 3.63) is 24.3 Å². The minimum absolute atomic E-state index is 0.363. The van der Waals surface area contributed by atoms with Crippen molar-refractivity contribution < 1.29 is 25.2 Å². The van der Waals surface area contributed by atoms with Gasteiger partial charge in [-0.1, -0.05) is 185 Å². The van der Waals surface area contributed by atoms with Gasteiger partial charge in [-0.05, 0) is 45.4 Å². The molecular formula is C42H81NO5. The summed E-state index contributed by atoms with van der Waals surface area (Å²) in [5, 5.41) is 43.3. The average Bonchev–Trinajstić information content (AvgIpc) is 3.09. The van der Waals surface area contributed by atoms with Crippen LogP contribution in [-0.2, 0) is 4.79 Å². The van der Waals surface area contributed by atoms with E-state index in [4.69, 9.17) is 0 Å². The fourth-order valence-corrected chi connectivity index (χ4v) is 6.43. The van der Waals surface area contributed by atoms with Crippen LogP contribution in [0.3, 0.4) is 0 Å². The predicted octanol–water partition coefficient (Wildman–Crippen LogP) is 10.4. The number of unbranched alkanes of at least 4 members (excludes halogenated alkanes) is 25. The van der Waals surface area contributed by atoms with Crippen LogP contribution in [-0.4, -0.2) is 57.3 Å². The van der Waals surface area contributed by atoms with Crippen LogP contribution in [0.4, 0.5) is 0 Å². The summed E-state index contributed by atoms with van der Waals surface area (Å²) >= 11 is 0. The van der Waals surface area contributed by atoms with Crippen molar-refractivity contribution in [2.45, 2.75) is 231 Å². The largest absolute Gasteiger partial charge is 0.394 e. The Labute approximate surface area is 297 Å². The van der Waals surface area contributed by atoms with Gasteiger partial charge in [-0.2, -0.15) is 0 Å². The maximum Gasteiger partial charge on any atom is 0.249 e. The van der Waals surface area contributed by atoms with Gasteiger partial charge in [0.15, 0.2) is 0 Å². The summed E-state index contributed by atoms with van der Waals surface area (Å²) in [6.45, 7) is 3.79. The van der Waals surface area contributed by atoms with Crippen LogP contribution in [0.5, 0.6) is 0 Å². The van der Waals surface area contributed by atoms with Crippen LogP contribution in [0, 0.1) is 0 Å². The van der Waals surface area contributed by atoms with Gasteiger partial charge in [-0.15, -0.1) is 0 Å². The first-order valence-corrected chi connectivity index (χ1v) is 20.7. The van der Waals surface area contributed by atoms with E-state index in [1.807, 2.05) is 13.0 Å². The lowest BCUT2D eigenvalue weighted by Crippen LogP contribution is -2.53. The molecule has 0 aliphatic rings. The van der Waals surface area contributed by atoms with Gasteiger partial charge in [0.2, 0.25) is 5.91 Å². The quantitative estimate of drug-likeness (QED) is 0.0332. The Morgan fingerprint density at radius 2 is 0.938 bits per heavy atom. The summed E-state index contributed by atoms with van der Waals surface area (Å²) in [5.41, 5.74) is 0. The Morgan fingerprint density at radius 1 is 0.542 bits per heavy atom. The van der Waals surface area contributed by atoms with Gasteiger partial charge in [-0.3, -0.25) is 4.79 Å². The number of hydrogen-bond donors (Lipinski definition) is 5. The molecule has 0 saturated carbocycles. The molecule has 1 amide bonds. The van der Waals surface area contributed by atoms with Crippen molar-refractivity contribution in [3.8, 4) is 0 Å². The van der Waals surface area contributed by atoms with E-state index in [9.17, 15) is 25.2 Å². The van der Waals surface area contributed by atoms with Crippen LogP contribution < -0.4 is 5.32 Å². The van der Waals surface area contributed by atoms with Crippen molar-refractivity contribution in [2.75, 3.05) is 6.61 Å². The predicted molar refractivity (Wildman–Crippen MR) is 205 cm³/mol. The molecule has 284 valence electrons. The molecule has 5 N–H and O–H groups in total. The molecule has 0 aliphatic heterocycles. The number of hydrogen-bond acceptors (Lipinski definition) is 5. The Hall–Kier alpha value is -1.21. The molecule has 0 aromatic rings. The molecule has 0 radical (unpaired) electrons. The second-order valence-electron chi connectivity index (χ2n) is 14.3. The Kier molecular flexibility index (Phi) is 36.1. The van der Waals surface area contributed by atoms with Gasteiger partial charge in [0, 0.05) is 0 Å². The van der Waals surface area contributed by atoms with Crippen molar-refractivity contribution in [1.82, 2.24) is 5.32 Å². The van der Waals surface area contributed by atoms with Crippen LogP contribution in [0.15, 0.2) is 24.3 Å². The molecule has 0 aromatic carbocycles.